The number of carbonyl (C=O) groups excluding carboxylic acids is 1. The molecule has 0 radical (unpaired) electrons. The molecule has 3 fully saturated rings. The lowest BCUT2D eigenvalue weighted by Crippen LogP contribution is -2.42. The first-order valence-corrected chi connectivity index (χ1v) is 10.2. The Labute approximate surface area is 160 Å². The summed E-state index contributed by atoms with van der Waals surface area (Å²) in [6.45, 7) is 9.33. The van der Waals surface area contributed by atoms with Crippen LogP contribution in [0.5, 0.6) is 0 Å². The molecule has 1 amide bonds. The van der Waals surface area contributed by atoms with Gasteiger partial charge >= 0.3 is 7.12 Å². The Balaban J connectivity index is 1.32. The van der Waals surface area contributed by atoms with Gasteiger partial charge < -0.3 is 14.2 Å². The summed E-state index contributed by atoms with van der Waals surface area (Å²) < 4.78 is 39.3. The highest BCUT2D eigenvalue weighted by Gasteiger charge is 2.70. The zero-order valence-corrected chi connectivity index (χ0v) is 16.8. The molecule has 1 spiro atoms. The maximum atomic E-state index is 13.5. The van der Waals surface area contributed by atoms with E-state index in [1.54, 1.807) is 0 Å². The van der Waals surface area contributed by atoms with Gasteiger partial charge in [0.2, 0.25) is 5.91 Å². The molecule has 4 rings (SSSR count). The smallest absolute Gasteiger partial charge is 0.400 e. The first kappa shape index (κ1) is 19.4. The van der Waals surface area contributed by atoms with Crippen molar-refractivity contribution in [2.24, 2.45) is 11.3 Å². The number of halogens is 2. The average molecular weight is 381 g/mol. The minimum absolute atomic E-state index is 0.0187. The van der Waals surface area contributed by atoms with Crippen LogP contribution in [0.2, 0.25) is 0 Å². The number of alkyl halides is 2. The molecular weight excluding hydrogens is 351 g/mol. The van der Waals surface area contributed by atoms with E-state index in [0.29, 0.717) is 38.8 Å². The van der Waals surface area contributed by atoms with Gasteiger partial charge in [0, 0.05) is 30.8 Å². The second kappa shape index (κ2) is 6.02. The molecule has 0 aromatic heterocycles. The molecule has 2 saturated carbocycles. The van der Waals surface area contributed by atoms with Crippen molar-refractivity contribution in [3.63, 3.8) is 0 Å². The van der Waals surface area contributed by atoms with Crippen LogP contribution in [0.25, 0.3) is 0 Å². The molecular formula is C20H30BF2NO3. The quantitative estimate of drug-likeness (QED) is 0.679. The molecule has 0 atom stereocenters. The standard InChI is InChI=1S/C20H30BF2NO3/c1-17(2)18(3,4)27-21(26-17)15-7-11-24(12-8-15)16(25)14-5-9-19(10-6-14)13-20(19,22)23/h7,14H,5-6,8-13H2,1-4H3. The zero-order chi connectivity index (χ0) is 19.7. The SMILES string of the molecule is CC1(C)OB(C2=CCN(C(=O)C3CCC4(CC3)CC4(F)F)CC2)OC1(C)C. The third-order valence-electron chi connectivity index (χ3n) is 7.62. The largest absolute Gasteiger partial charge is 0.490 e. The van der Waals surface area contributed by atoms with Crippen molar-refractivity contribution >= 4 is 13.0 Å². The van der Waals surface area contributed by atoms with Crippen LogP contribution in [0.3, 0.4) is 0 Å². The Morgan fingerprint density at radius 3 is 2.15 bits per heavy atom. The van der Waals surface area contributed by atoms with Crippen molar-refractivity contribution in [3.05, 3.63) is 11.5 Å². The average Bonchev–Trinajstić information content (AvgIpc) is 3.03. The zero-order valence-electron chi connectivity index (χ0n) is 16.8. The van der Waals surface area contributed by atoms with Crippen molar-refractivity contribution in [1.82, 2.24) is 4.90 Å². The maximum Gasteiger partial charge on any atom is 0.490 e. The second-order valence-electron chi connectivity index (χ2n) is 9.84. The Hall–Kier alpha value is -0.945. The molecule has 2 heterocycles. The Morgan fingerprint density at radius 2 is 1.70 bits per heavy atom. The highest BCUT2D eigenvalue weighted by Crippen LogP contribution is 2.68. The van der Waals surface area contributed by atoms with E-state index in [9.17, 15) is 13.6 Å². The summed E-state index contributed by atoms with van der Waals surface area (Å²) in [6.07, 6.45) is 4.96. The first-order valence-electron chi connectivity index (χ1n) is 10.2. The number of hydrogen-bond donors (Lipinski definition) is 0. The third kappa shape index (κ3) is 3.15. The van der Waals surface area contributed by atoms with Gasteiger partial charge in [-0.25, -0.2) is 8.78 Å². The van der Waals surface area contributed by atoms with Crippen LogP contribution >= 0.6 is 0 Å². The van der Waals surface area contributed by atoms with Gasteiger partial charge in [-0.2, -0.15) is 0 Å². The van der Waals surface area contributed by atoms with Gasteiger partial charge in [0.1, 0.15) is 0 Å². The van der Waals surface area contributed by atoms with Gasteiger partial charge in [-0.3, -0.25) is 4.79 Å². The van der Waals surface area contributed by atoms with Crippen molar-refractivity contribution in [2.45, 2.75) is 83.3 Å². The summed E-state index contributed by atoms with van der Waals surface area (Å²) in [5, 5.41) is 0. The molecule has 0 aromatic rings. The number of nitrogens with zero attached hydrogens (tertiary/aromatic N) is 1. The topological polar surface area (TPSA) is 38.8 Å². The Bertz CT molecular complexity index is 652. The van der Waals surface area contributed by atoms with Gasteiger partial charge in [-0.1, -0.05) is 6.08 Å². The predicted octanol–water partition coefficient (Wildman–Crippen LogP) is 3.99. The number of rotatable bonds is 2. The van der Waals surface area contributed by atoms with Crippen molar-refractivity contribution in [2.75, 3.05) is 13.1 Å². The molecule has 4 nitrogen and oxygen atoms in total. The fraction of sp³-hybridized carbons (Fsp3) is 0.850. The summed E-state index contributed by atoms with van der Waals surface area (Å²) in [7, 11) is -0.348. The number of hydrogen-bond acceptors (Lipinski definition) is 3. The predicted molar refractivity (Wildman–Crippen MR) is 99.3 cm³/mol. The van der Waals surface area contributed by atoms with E-state index in [1.165, 1.54) is 0 Å². The third-order valence-corrected chi connectivity index (χ3v) is 7.62. The van der Waals surface area contributed by atoms with E-state index in [1.807, 2.05) is 38.7 Å². The van der Waals surface area contributed by atoms with Crippen LogP contribution in [0.15, 0.2) is 11.5 Å². The lowest BCUT2D eigenvalue weighted by molar-refractivity contribution is -0.137. The molecule has 2 aliphatic carbocycles. The molecule has 27 heavy (non-hydrogen) atoms. The van der Waals surface area contributed by atoms with Crippen LogP contribution in [-0.2, 0) is 14.1 Å². The monoisotopic (exact) mass is 381 g/mol. The summed E-state index contributed by atoms with van der Waals surface area (Å²) in [4.78, 5) is 14.7. The fourth-order valence-corrected chi connectivity index (χ4v) is 4.69. The summed E-state index contributed by atoms with van der Waals surface area (Å²) >= 11 is 0. The molecule has 2 aliphatic heterocycles. The van der Waals surface area contributed by atoms with Crippen LogP contribution < -0.4 is 0 Å². The number of amides is 1. The fourth-order valence-electron chi connectivity index (χ4n) is 4.69. The second-order valence-corrected chi connectivity index (χ2v) is 9.84. The molecule has 0 aromatic carbocycles. The van der Waals surface area contributed by atoms with Crippen molar-refractivity contribution < 1.29 is 22.9 Å². The highest BCUT2D eigenvalue weighted by molar-refractivity contribution is 6.54. The van der Waals surface area contributed by atoms with Crippen LogP contribution in [-0.4, -0.2) is 48.1 Å². The minimum Gasteiger partial charge on any atom is -0.400 e. The van der Waals surface area contributed by atoms with Gasteiger partial charge in [-0.05, 0) is 65.3 Å². The lowest BCUT2D eigenvalue weighted by atomic mass is 9.74. The van der Waals surface area contributed by atoms with Gasteiger partial charge in [0.15, 0.2) is 0 Å². The van der Waals surface area contributed by atoms with Crippen LogP contribution in [0, 0.1) is 11.3 Å². The van der Waals surface area contributed by atoms with Crippen molar-refractivity contribution in [3.8, 4) is 0 Å². The van der Waals surface area contributed by atoms with Gasteiger partial charge in [0.05, 0.1) is 11.2 Å². The van der Waals surface area contributed by atoms with Crippen molar-refractivity contribution in [1.29, 1.82) is 0 Å². The Morgan fingerprint density at radius 1 is 1.15 bits per heavy atom. The normalized spacial score (nSPS) is 36.7. The molecule has 4 aliphatic rings. The molecule has 1 saturated heterocycles. The molecule has 0 unspecified atom stereocenters. The lowest BCUT2D eigenvalue weighted by Gasteiger charge is -2.34. The van der Waals surface area contributed by atoms with E-state index in [2.05, 4.69) is 0 Å². The summed E-state index contributed by atoms with van der Waals surface area (Å²) in [5.41, 5.74) is -0.420. The van der Waals surface area contributed by atoms with E-state index >= 15 is 0 Å². The van der Waals surface area contributed by atoms with E-state index in [-0.39, 0.29) is 36.6 Å². The summed E-state index contributed by atoms with van der Waals surface area (Å²) in [5.74, 6) is -2.47. The van der Waals surface area contributed by atoms with E-state index in [4.69, 9.17) is 9.31 Å². The van der Waals surface area contributed by atoms with Gasteiger partial charge in [-0.15, -0.1) is 0 Å². The first-order chi connectivity index (χ1) is 12.5. The van der Waals surface area contributed by atoms with E-state index in [0.717, 1.165) is 11.9 Å². The van der Waals surface area contributed by atoms with E-state index < -0.39 is 11.3 Å². The molecule has 7 heteroatoms. The van der Waals surface area contributed by atoms with Gasteiger partial charge in [0.25, 0.3) is 5.92 Å². The summed E-state index contributed by atoms with van der Waals surface area (Å²) in [6, 6.07) is 0. The highest BCUT2D eigenvalue weighted by atomic mass is 19.3. The molecule has 0 N–H and O–H groups in total. The minimum atomic E-state index is -2.49. The van der Waals surface area contributed by atoms with Crippen LogP contribution in [0.4, 0.5) is 8.78 Å². The van der Waals surface area contributed by atoms with Crippen LogP contribution in [0.1, 0.15) is 66.2 Å². The maximum absolute atomic E-state index is 13.5. The molecule has 0 bridgehead atoms. The molecule has 150 valence electrons. The Kier molecular flexibility index (Phi) is 4.32. The number of carbonyl (C=O) groups is 1.